The molecule has 7 heteroatoms. The van der Waals surface area contributed by atoms with Gasteiger partial charge in [-0.1, -0.05) is 30.3 Å². The second kappa shape index (κ2) is 11.6. The molecule has 0 saturated carbocycles. The molecule has 0 aliphatic carbocycles. The molecule has 0 amide bonds. The van der Waals surface area contributed by atoms with E-state index in [9.17, 15) is 14.4 Å². The fourth-order valence-corrected chi connectivity index (χ4v) is 2.00. The van der Waals surface area contributed by atoms with E-state index in [1.54, 1.807) is 12.3 Å². The molecular formula is C19H23NO6. The summed E-state index contributed by atoms with van der Waals surface area (Å²) in [6.45, 7) is 3.97. The lowest BCUT2D eigenvalue weighted by Gasteiger charge is -2.23. The van der Waals surface area contributed by atoms with Gasteiger partial charge in [-0.2, -0.15) is 0 Å². The van der Waals surface area contributed by atoms with E-state index in [4.69, 9.17) is 14.2 Å². The molecule has 1 aromatic rings. The normalized spacial score (nSPS) is 13.3. The van der Waals surface area contributed by atoms with Crippen LogP contribution in [0.5, 0.6) is 0 Å². The van der Waals surface area contributed by atoms with Crippen molar-refractivity contribution in [3.05, 3.63) is 48.0 Å². The van der Waals surface area contributed by atoms with Crippen LogP contribution in [0.1, 0.15) is 26.3 Å². The molecule has 1 rings (SSSR count). The fourth-order valence-electron chi connectivity index (χ4n) is 2.00. The van der Waals surface area contributed by atoms with Crippen LogP contribution in [0.25, 0.3) is 0 Å². The van der Waals surface area contributed by atoms with Gasteiger partial charge < -0.3 is 14.2 Å². The predicted molar refractivity (Wildman–Crippen MR) is 95.5 cm³/mol. The Hall–Kier alpha value is -2.96. The van der Waals surface area contributed by atoms with Crippen LogP contribution in [0.4, 0.5) is 0 Å². The monoisotopic (exact) mass is 361 g/mol. The molecule has 140 valence electrons. The Bertz CT molecular complexity index is 653. The van der Waals surface area contributed by atoms with Crippen LogP contribution in [-0.2, 0) is 35.1 Å². The Balaban J connectivity index is 2.75. The summed E-state index contributed by atoms with van der Waals surface area (Å²) in [5.74, 6) is -1.66. The molecule has 26 heavy (non-hydrogen) atoms. The first-order valence-corrected chi connectivity index (χ1v) is 8.07. The molecule has 0 aromatic heterocycles. The third kappa shape index (κ3) is 9.36. The Morgan fingerprint density at radius 2 is 1.65 bits per heavy atom. The highest BCUT2D eigenvalue weighted by Crippen LogP contribution is 2.09. The van der Waals surface area contributed by atoms with E-state index in [1.165, 1.54) is 26.8 Å². The van der Waals surface area contributed by atoms with E-state index < -0.39 is 30.1 Å². The number of aliphatic imine (C=N–C) groups is 1. The van der Waals surface area contributed by atoms with Crippen molar-refractivity contribution in [2.45, 2.75) is 39.5 Å². The number of benzene rings is 1. The Morgan fingerprint density at radius 1 is 1.00 bits per heavy atom. The second-order valence-electron chi connectivity index (χ2n) is 5.38. The number of hydrogen-bond donors (Lipinski definition) is 0. The van der Waals surface area contributed by atoms with Crippen molar-refractivity contribution in [1.82, 2.24) is 0 Å². The third-order valence-electron chi connectivity index (χ3n) is 3.05. The summed E-state index contributed by atoms with van der Waals surface area (Å²) in [5, 5.41) is 0. The molecule has 2 atom stereocenters. The fraction of sp³-hybridized carbons (Fsp3) is 0.368. The lowest BCUT2D eigenvalue weighted by molar-refractivity contribution is -0.169. The van der Waals surface area contributed by atoms with E-state index in [2.05, 4.69) is 4.99 Å². The Labute approximate surface area is 152 Å². The maximum absolute atomic E-state index is 11.3. The van der Waals surface area contributed by atoms with Crippen LogP contribution in [0.2, 0.25) is 0 Å². The molecule has 0 aliphatic rings. The molecule has 1 aromatic carbocycles. The second-order valence-corrected chi connectivity index (χ2v) is 5.38. The molecule has 0 fully saturated rings. The van der Waals surface area contributed by atoms with Crippen molar-refractivity contribution in [1.29, 1.82) is 0 Å². The number of nitrogens with zero attached hydrogens (tertiary/aromatic N) is 1. The summed E-state index contributed by atoms with van der Waals surface area (Å²) >= 11 is 0. The average Bonchev–Trinajstić information content (AvgIpc) is 2.57. The molecule has 0 heterocycles. The van der Waals surface area contributed by atoms with Gasteiger partial charge >= 0.3 is 17.9 Å². The van der Waals surface area contributed by atoms with E-state index in [0.717, 1.165) is 5.56 Å². The van der Waals surface area contributed by atoms with Gasteiger partial charge in [0.2, 0.25) is 0 Å². The zero-order chi connectivity index (χ0) is 19.4. The number of carbonyl (C=O) groups is 3. The van der Waals surface area contributed by atoms with Gasteiger partial charge in [0.15, 0.2) is 12.2 Å². The number of hydrogen-bond acceptors (Lipinski definition) is 7. The van der Waals surface area contributed by atoms with Gasteiger partial charge in [0, 0.05) is 27.0 Å². The zero-order valence-corrected chi connectivity index (χ0v) is 15.1. The summed E-state index contributed by atoms with van der Waals surface area (Å²) in [6, 6.07) is 9.69. The lowest BCUT2D eigenvalue weighted by Crippen LogP contribution is -2.37. The molecule has 0 aliphatic heterocycles. The van der Waals surface area contributed by atoms with Crippen LogP contribution >= 0.6 is 0 Å². The summed E-state index contributed by atoms with van der Waals surface area (Å²) in [7, 11) is 0. The molecule has 0 saturated heterocycles. The molecule has 0 N–H and O–H groups in total. The maximum atomic E-state index is 11.3. The number of ether oxygens (including phenoxy) is 3. The first-order chi connectivity index (χ1) is 12.4. The lowest BCUT2D eigenvalue weighted by atomic mass is 10.2. The maximum Gasteiger partial charge on any atom is 0.303 e. The first-order valence-electron chi connectivity index (χ1n) is 8.07. The smallest absolute Gasteiger partial charge is 0.303 e. The minimum Gasteiger partial charge on any atom is -0.462 e. The Morgan fingerprint density at radius 3 is 2.23 bits per heavy atom. The standard InChI is InChI=1S/C19H23NO6/c1-14(21)24-13-19(26-16(3)23)18(25-15(2)22)10-7-11-20-12-17-8-5-4-6-9-17/h4-11,18-19H,12-13H2,1-3H3/b10-7+,20-11?/t18-,19+/m0/s1. The van der Waals surface area contributed by atoms with Crippen LogP contribution in [-0.4, -0.2) is 42.9 Å². The topological polar surface area (TPSA) is 91.3 Å². The van der Waals surface area contributed by atoms with Crippen molar-refractivity contribution >= 4 is 24.1 Å². The van der Waals surface area contributed by atoms with Crippen molar-refractivity contribution in [3.63, 3.8) is 0 Å². The van der Waals surface area contributed by atoms with Gasteiger partial charge in [-0.25, -0.2) is 0 Å². The van der Waals surface area contributed by atoms with Crippen LogP contribution in [0, 0.1) is 0 Å². The number of rotatable bonds is 9. The summed E-state index contributed by atoms with van der Waals surface area (Å²) < 4.78 is 15.1. The van der Waals surface area contributed by atoms with E-state index >= 15 is 0 Å². The van der Waals surface area contributed by atoms with Gasteiger partial charge in [0.05, 0.1) is 6.54 Å². The first kappa shape index (κ1) is 21.1. The minimum absolute atomic E-state index is 0.224. The van der Waals surface area contributed by atoms with Gasteiger partial charge in [-0.3, -0.25) is 19.4 Å². The SMILES string of the molecule is CC(=O)OC[C@@H](OC(C)=O)[C@H](/C=C/C=NCc1ccccc1)OC(C)=O. The van der Waals surface area contributed by atoms with Gasteiger partial charge in [0.25, 0.3) is 0 Å². The van der Waals surface area contributed by atoms with Crippen LogP contribution < -0.4 is 0 Å². The van der Waals surface area contributed by atoms with E-state index in [-0.39, 0.29) is 6.61 Å². The quantitative estimate of drug-likeness (QED) is 0.381. The highest BCUT2D eigenvalue weighted by molar-refractivity contribution is 5.72. The zero-order valence-electron chi connectivity index (χ0n) is 15.1. The molecule has 0 unspecified atom stereocenters. The Kier molecular flexibility index (Phi) is 9.38. The molecule has 0 spiro atoms. The summed E-state index contributed by atoms with van der Waals surface area (Å²) in [6.07, 6.45) is 2.81. The van der Waals surface area contributed by atoms with Gasteiger partial charge in [-0.05, 0) is 17.7 Å². The average molecular weight is 361 g/mol. The highest BCUT2D eigenvalue weighted by Gasteiger charge is 2.26. The van der Waals surface area contributed by atoms with E-state index in [1.807, 2.05) is 30.3 Å². The van der Waals surface area contributed by atoms with Crippen molar-refractivity contribution in [3.8, 4) is 0 Å². The largest absolute Gasteiger partial charge is 0.462 e. The van der Waals surface area contributed by atoms with Crippen LogP contribution in [0.3, 0.4) is 0 Å². The molecule has 0 radical (unpaired) electrons. The number of carbonyl (C=O) groups excluding carboxylic acids is 3. The molecular weight excluding hydrogens is 338 g/mol. The number of esters is 3. The van der Waals surface area contributed by atoms with Crippen molar-refractivity contribution in [2.75, 3.05) is 6.61 Å². The summed E-state index contributed by atoms with van der Waals surface area (Å²) in [5.41, 5.74) is 1.06. The van der Waals surface area contributed by atoms with Gasteiger partial charge in [0.1, 0.15) is 6.61 Å². The highest BCUT2D eigenvalue weighted by atomic mass is 16.6. The van der Waals surface area contributed by atoms with E-state index in [0.29, 0.717) is 6.54 Å². The molecule has 0 bridgehead atoms. The third-order valence-corrected chi connectivity index (χ3v) is 3.05. The van der Waals surface area contributed by atoms with Crippen molar-refractivity contribution < 1.29 is 28.6 Å². The summed E-state index contributed by atoms with van der Waals surface area (Å²) in [4.78, 5) is 37.8. The van der Waals surface area contributed by atoms with Gasteiger partial charge in [-0.15, -0.1) is 0 Å². The van der Waals surface area contributed by atoms with Crippen LogP contribution in [0.15, 0.2) is 47.5 Å². The molecule has 7 nitrogen and oxygen atoms in total. The predicted octanol–water partition coefficient (Wildman–Crippen LogP) is 2.24. The van der Waals surface area contributed by atoms with Crippen molar-refractivity contribution in [2.24, 2.45) is 4.99 Å². The number of allylic oxidation sites excluding steroid dienone is 1. The minimum atomic E-state index is -0.945.